The van der Waals surface area contributed by atoms with E-state index in [-0.39, 0.29) is 24.1 Å². The summed E-state index contributed by atoms with van der Waals surface area (Å²) in [4.78, 5) is 40.8. The molecule has 152 valence electrons. The molecule has 1 N–H and O–H groups in total. The van der Waals surface area contributed by atoms with Crippen LogP contribution >= 0.6 is 15.9 Å². The van der Waals surface area contributed by atoms with Gasteiger partial charge in [0, 0.05) is 47.5 Å². The third-order valence-electron chi connectivity index (χ3n) is 5.08. The minimum atomic E-state index is -0.414. The second kappa shape index (κ2) is 9.22. The number of nitrogens with zero attached hydrogens (tertiary/aromatic N) is 2. The summed E-state index contributed by atoms with van der Waals surface area (Å²) in [6, 6.07) is 14.3. The van der Waals surface area contributed by atoms with Gasteiger partial charge in [-0.3, -0.25) is 14.4 Å². The third-order valence-corrected chi connectivity index (χ3v) is 5.61. The SMILES string of the molecule is CCN(CC)C(=O)c1ccc(NC(=O)C2CC(=O)N(c3ccc(Br)cc3)C2)cc1. The van der Waals surface area contributed by atoms with Gasteiger partial charge in [0.2, 0.25) is 11.8 Å². The molecule has 1 unspecified atom stereocenters. The summed E-state index contributed by atoms with van der Waals surface area (Å²) in [6.07, 6.45) is 0.181. The highest BCUT2D eigenvalue weighted by atomic mass is 79.9. The van der Waals surface area contributed by atoms with E-state index in [1.165, 1.54) is 0 Å². The van der Waals surface area contributed by atoms with Gasteiger partial charge in [-0.2, -0.15) is 0 Å². The minimum absolute atomic E-state index is 0.0283. The lowest BCUT2D eigenvalue weighted by atomic mass is 10.1. The fraction of sp³-hybridized carbons (Fsp3) is 0.318. The Hall–Kier alpha value is -2.67. The normalized spacial score (nSPS) is 16.0. The molecule has 7 heteroatoms. The zero-order chi connectivity index (χ0) is 21.0. The van der Waals surface area contributed by atoms with Gasteiger partial charge in [0.1, 0.15) is 0 Å². The maximum Gasteiger partial charge on any atom is 0.253 e. The molecule has 1 atom stereocenters. The van der Waals surface area contributed by atoms with Crippen LogP contribution in [0, 0.1) is 5.92 Å². The van der Waals surface area contributed by atoms with E-state index in [0.29, 0.717) is 30.9 Å². The molecule has 0 spiro atoms. The maximum absolute atomic E-state index is 12.6. The lowest BCUT2D eigenvalue weighted by molar-refractivity contribution is -0.122. The molecule has 0 radical (unpaired) electrons. The van der Waals surface area contributed by atoms with Crippen molar-refractivity contribution in [1.29, 1.82) is 0 Å². The van der Waals surface area contributed by atoms with Crippen LogP contribution in [0.5, 0.6) is 0 Å². The van der Waals surface area contributed by atoms with Crippen molar-refractivity contribution in [1.82, 2.24) is 4.90 Å². The van der Waals surface area contributed by atoms with Gasteiger partial charge < -0.3 is 15.1 Å². The number of hydrogen-bond donors (Lipinski definition) is 1. The molecule has 2 aromatic rings. The first kappa shape index (κ1) is 21.0. The van der Waals surface area contributed by atoms with Gasteiger partial charge in [-0.05, 0) is 62.4 Å². The van der Waals surface area contributed by atoms with E-state index in [9.17, 15) is 14.4 Å². The summed E-state index contributed by atoms with van der Waals surface area (Å²) in [6.45, 7) is 5.54. The lowest BCUT2D eigenvalue weighted by Crippen LogP contribution is -2.30. The average Bonchev–Trinajstić information content (AvgIpc) is 3.12. The van der Waals surface area contributed by atoms with Crippen molar-refractivity contribution in [3.05, 3.63) is 58.6 Å². The molecule has 1 aliphatic rings. The van der Waals surface area contributed by atoms with Crippen LogP contribution in [0.25, 0.3) is 0 Å². The Bertz CT molecular complexity index is 893. The zero-order valence-corrected chi connectivity index (χ0v) is 18.1. The van der Waals surface area contributed by atoms with Gasteiger partial charge >= 0.3 is 0 Å². The predicted octanol–water partition coefficient (Wildman–Crippen LogP) is 3.92. The molecule has 3 rings (SSSR count). The first-order chi connectivity index (χ1) is 13.9. The molecule has 1 heterocycles. The molecule has 0 aliphatic carbocycles. The van der Waals surface area contributed by atoms with Crippen LogP contribution in [0.4, 0.5) is 11.4 Å². The first-order valence-corrected chi connectivity index (χ1v) is 10.5. The minimum Gasteiger partial charge on any atom is -0.339 e. The molecule has 3 amide bonds. The molecule has 0 bridgehead atoms. The number of hydrogen-bond acceptors (Lipinski definition) is 3. The van der Waals surface area contributed by atoms with Crippen molar-refractivity contribution < 1.29 is 14.4 Å². The number of benzene rings is 2. The topological polar surface area (TPSA) is 69.7 Å². The van der Waals surface area contributed by atoms with Gasteiger partial charge in [-0.25, -0.2) is 0 Å². The van der Waals surface area contributed by atoms with E-state index in [4.69, 9.17) is 0 Å². The predicted molar refractivity (Wildman–Crippen MR) is 117 cm³/mol. The molecule has 1 saturated heterocycles. The molecule has 6 nitrogen and oxygen atoms in total. The smallest absolute Gasteiger partial charge is 0.253 e. The fourth-order valence-electron chi connectivity index (χ4n) is 3.39. The van der Waals surface area contributed by atoms with E-state index in [1.54, 1.807) is 34.1 Å². The van der Waals surface area contributed by atoms with Gasteiger partial charge in [-0.1, -0.05) is 15.9 Å². The van der Waals surface area contributed by atoms with Crippen LogP contribution in [0.15, 0.2) is 53.0 Å². The highest BCUT2D eigenvalue weighted by molar-refractivity contribution is 9.10. The Labute approximate surface area is 179 Å². The first-order valence-electron chi connectivity index (χ1n) is 9.69. The summed E-state index contributed by atoms with van der Waals surface area (Å²) < 4.78 is 0.935. The Morgan fingerprint density at radius 1 is 1.07 bits per heavy atom. The lowest BCUT2D eigenvalue weighted by Gasteiger charge is -2.19. The molecule has 29 heavy (non-hydrogen) atoms. The summed E-state index contributed by atoms with van der Waals surface area (Å²) in [5, 5.41) is 2.86. The van der Waals surface area contributed by atoms with E-state index >= 15 is 0 Å². The Morgan fingerprint density at radius 3 is 2.28 bits per heavy atom. The van der Waals surface area contributed by atoms with Crippen molar-refractivity contribution in [2.45, 2.75) is 20.3 Å². The fourth-order valence-corrected chi connectivity index (χ4v) is 3.65. The van der Waals surface area contributed by atoms with Crippen molar-refractivity contribution in [3.8, 4) is 0 Å². The number of carbonyl (C=O) groups excluding carboxylic acids is 3. The summed E-state index contributed by atoms with van der Waals surface area (Å²) >= 11 is 3.38. The van der Waals surface area contributed by atoms with E-state index in [0.717, 1.165) is 10.2 Å². The second-order valence-electron chi connectivity index (χ2n) is 6.93. The number of rotatable bonds is 6. The molecule has 1 aliphatic heterocycles. The molecular weight excluding hydrogens is 434 g/mol. The van der Waals surface area contributed by atoms with E-state index in [2.05, 4.69) is 21.2 Å². The van der Waals surface area contributed by atoms with Crippen LogP contribution in [0.1, 0.15) is 30.6 Å². The number of amides is 3. The van der Waals surface area contributed by atoms with E-state index < -0.39 is 5.92 Å². The third kappa shape index (κ3) is 4.85. The molecular formula is C22H24BrN3O3. The quantitative estimate of drug-likeness (QED) is 0.714. The van der Waals surface area contributed by atoms with Crippen LogP contribution in [-0.2, 0) is 9.59 Å². The van der Waals surface area contributed by atoms with Crippen LogP contribution < -0.4 is 10.2 Å². The Morgan fingerprint density at radius 2 is 1.69 bits per heavy atom. The maximum atomic E-state index is 12.6. The molecule has 2 aromatic carbocycles. The largest absolute Gasteiger partial charge is 0.339 e. The molecule has 0 aromatic heterocycles. The van der Waals surface area contributed by atoms with Crippen molar-refractivity contribution in [2.75, 3.05) is 29.9 Å². The van der Waals surface area contributed by atoms with Gasteiger partial charge in [0.15, 0.2) is 0 Å². The Balaban J connectivity index is 1.62. The van der Waals surface area contributed by atoms with Crippen molar-refractivity contribution in [3.63, 3.8) is 0 Å². The van der Waals surface area contributed by atoms with Crippen molar-refractivity contribution >= 4 is 45.0 Å². The second-order valence-corrected chi connectivity index (χ2v) is 7.84. The van der Waals surface area contributed by atoms with Crippen LogP contribution in [0.3, 0.4) is 0 Å². The standard InChI is InChI=1S/C22H24BrN3O3/c1-3-25(4-2)22(29)15-5-9-18(10-6-15)24-21(28)16-13-20(27)26(14-16)19-11-7-17(23)8-12-19/h5-12,16H,3-4,13-14H2,1-2H3,(H,24,28). The number of anilines is 2. The number of halogens is 1. The summed E-state index contributed by atoms with van der Waals surface area (Å²) in [5.41, 5.74) is 1.98. The molecule has 1 fully saturated rings. The monoisotopic (exact) mass is 457 g/mol. The highest BCUT2D eigenvalue weighted by Crippen LogP contribution is 2.27. The van der Waals surface area contributed by atoms with Crippen molar-refractivity contribution in [2.24, 2.45) is 5.92 Å². The highest BCUT2D eigenvalue weighted by Gasteiger charge is 2.35. The van der Waals surface area contributed by atoms with Gasteiger partial charge in [0.25, 0.3) is 5.91 Å². The van der Waals surface area contributed by atoms with Gasteiger partial charge in [0.05, 0.1) is 5.92 Å². The summed E-state index contributed by atoms with van der Waals surface area (Å²) in [5.74, 6) is -0.698. The molecule has 0 saturated carbocycles. The van der Waals surface area contributed by atoms with E-state index in [1.807, 2.05) is 38.1 Å². The average molecular weight is 458 g/mol. The van der Waals surface area contributed by atoms with Crippen LogP contribution in [-0.4, -0.2) is 42.3 Å². The zero-order valence-electron chi connectivity index (χ0n) is 16.5. The van der Waals surface area contributed by atoms with Gasteiger partial charge in [-0.15, -0.1) is 0 Å². The number of carbonyl (C=O) groups is 3. The number of nitrogens with one attached hydrogen (secondary N) is 1. The Kier molecular flexibility index (Phi) is 6.69. The summed E-state index contributed by atoms with van der Waals surface area (Å²) in [7, 11) is 0. The van der Waals surface area contributed by atoms with Crippen LogP contribution in [0.2, 0.25) is 0 Å².